The number of ether oxygens (including phenoxy) is 1. The zero-order chi connectivity index (χ0) is 22.7. The SMILES string of the molecule is COc1ccc(N2C(=O)CC(N(Cc3ccccc3)C(=O)c3ccc(C)cc3)C2=O)cc1. The Morgan fingerprint density at radius 2 is 1.62 bits per heavy atom. The molecule has 4 rings (SSSR count). The Bertz CT molecular complexity index is 1120. The average molecular weight is 428 g/mol. The molecule has 0 radical (unpaired) electrons. The van der Waals surface area contributed by atoms with Gasteiger partial charge in [0.1, 0.15) is 11.8 Å². The van der Waals surface area contributed by atoms with E-state index in [9.17, 15) is 14.4 Å². The van der Waals surface area contributed by atoms with Crippen LogP contribution in [-0.4, -0.2) is 35.8 Å². The zero-order valence-corrected chi connectivity index (χ0v) is 18.0. The first kappa shape index (κ1) is 21.3. The number of anilines is 1. The van der Waals surface area contributed by atoms with E-state index < -0.39 is 11.9 Å². The van der Waals surface area contributed by atoms with Gasteiger partial charge in [0.15, 0.2) is 0 Å². The van der Waals surface area contributed by atoms with Gasteiger partial charge in [0, 0.05) is 12.1 Å². The second-order valence-electron chi connectivity index (χ2n) is 7.77. The van der Waals surface area contributed by atoms with Crippen molar-refractivity contribution in [1.82, 2.24) is 4.90 Å². The highest BCUT2D eigenvalue weighted by atomic mass is 16.5. The van der Waals surface area contributed by atoms with Crippen LogP contribution in [0.15, 0.2) is 78.9 Å². The van der Waals surface area contributed by atoms with Crippen LogP contribution in [0.3, 0.4) is 0 Å². The minimum absolute atomic E-state index is 0.0602. The molecule has 6 nitrogen and oxygen atoms in total. The smallest absolute Gasteiger partial charge is 0.257 e. The van der Waals surface area contributed by atoms with Crippen molar-refractivity contribution in [2.75, 3.05) is 12.0 Å². The quantitative estimate of drug-likeness (QED) is 0.557. The van der Waals surface area contributed by atoms with Gasteiger partial charge in [-0.2, -0.15) is 0 Å². The molecular weight excluding hydrogens is 404 g/mol. The molecular formula is C26H24N2O4. The first-order valence-electron chi connectivity index (χ1n) is 10.4. The molecule has 0 aliphatic carbocycles. The summed E-state index contributed by atoms with van der Waals surface area (Å²) in [7, 11) is 1.55. The summed E-state index contributed by atoms with van der Waals surface area (Å²) in [5.41, 5.74) is 2.87. The number of amides is 3. The van der Waals surface area contributed by atoms with Crippen molar-refractivity contribution >= 4 is 23.4 Å². The Morgan fingerprint density at radius 3 is 2.25 bits per heavy atom. The maximum Gasteiger partial charge on any atom is 0.257 e. The standard InChI is InChI=1S/C26H24N2O4/c1-18-8-10-20(11-9-18)25(30)27(17-19-6-4-3-5-7-19)23-16-24(29)28(26(23)31)21-12-14-22(32-2)15-13-21/h3-15,23H,16-17H2,1-2H3. The lowest BCUT2D eigenvalue weighted by Gasteiger charge is -2.28. The number of aryl methyl sites for hydroxylation is 1. The fraction of sp³-hybridized carbons (Fsp3) is 0.192. The second-order valence-corrected chi connectivity index (χ2v) is 7.77. The van der Waals surface area contributed by atoms with E-state index in [4.69, 9.17) is 4.74 Å². The van der Waals surface area contributed by atoms with Crippen LogP contribution < -0.4 is 9.64 Å². The average Bonchev–Trinajstić information content (AvgIpc) is 3.11. The summed E-state index contributed by atoms with van der Waals surface area (Å²) < 4.78 is 5.16. The first-order valence-corrected chi connectivity index (χ1v) is 10.4. The molecule has 6 heteroatoms. The van der Waals surface area contributed by atoms with Crippen molar-refractivity contribution in [3.63, 3.8) is 0 Å². The van der Waals surface area contributed by atoms with E-state index in [1.165, 1.54) is 4.90 Å². The van der Waals surface area contributed by atoms with Gasteiger partial charge in [-0.1, -0.05) is 48.0 Å². The summed E-state index contributed by atoms with van der Waals surface area (Å²) in [4.78, 5) is 42.3. The van der Waals surface area contributed by atoms with Gasteiger partial charge >= 0.3 is 0 Å². The van der Waals surface area contributed by atoms with E-state index in [-0.39, 0.29) is 24.8 Å². The lowest BCUT2D eigenvalue weighted by Crippen LogP contribution is -2.45. The molecule has 1 heterocycles. The van der Waals surface area contributed by atoms with Gasteiger partial charge in [-0.3, -0.25) is 14.4 Å². The summed E-state index contributed by atoms with van der Waals surface area (Å²) in [6.07, 6.45) is -0.0602. The van der Waals surface area contributed by atoms with Crippen LogP contribution in [0.2, 0.25) is 0 Å². The summed E-state index contributed by atoms with van der Waals surface area (Å²) in [5, 5.41) is 0. The lowest BCUT2D eigenvalue weighted by molar-refractivity contribution is -0.122. The second kappa shape index (κ2) is 9.06. The van der Waals surface area contributed by atoms with Crippen LogP contribution in [0.25, 0.3) is 0 Å². The third-order valence-electron chi connectivity index (χ3n) is 5.58. The molecule has 1 unspecified atom stereocenters. The molecule has 0 spiro atoms. The number of imide groups is 1. The predicted octanol–water partition coefficient (Wildman–Crippen LogP) is 3.98. The molecule has 1 aliphatic rings. The third-order valence-corrected chi connectivity index (χ3v) is 5.58. The van der Waals surface area contributed by atoms with Crippen LogP contribution >= 0.6 is 0 Å². The third kappa shape index (κ3) is 4.25. The van der Waals surface area contributed by atoms with Crippen molar-refractivity contribution in [1.29, 1.82) is 0 Å². The Kier molecular flexibility index (Phi) is 6.03. The molecule has 3 aromatic carbocycles. The molecule has 1 aliphatic heterocycles. The normalized spacial score (nSPS) is 15.7. The molecule has 0 saturated carbocycles. The number of hydrogen-bond donors (Lipinski definition) is 0. The molecule has 0 aromatic heterocycles. The predicted molar refractivity (Wildman–Crippen MR) is 121 cm³/mol. The monoisotopic (exact) mass is 428 g/mol. The van der Waals surface area contributed by atoms with Crippen molar-refractivity contribution in [2.24, 2.45) is 0 Å². The fourth-order valence-electron chi connectivity index (χ4n) is 3.83. The Morgan fingerprint density at radius 1 is 0.969 bits per heavy atom. The van der Waals surface area contributed by atoms with E-state index >= 15 is 0 Å². The lowest BCUT2D eigenvalue weighted by atomic mass is 10.1. The van der Waals surface area contributed by atoms with E-state index in [0.717, 1.165) is 16.0 Å². The van der Waals surface area contributed by atoms with E-state index in [1.807, 2.05) is 49.4 Å². The number of carbonyl (C=O) groups excluding carboxylic acids is 3. The minimum Gasteiger partial charge on any atom is -0.497 e. The highest BCUT2D eigenvalue weighted by Crippen LogP contribution is 2.29. The largest absolute Gasteiger partial charge is 0.497 e. The van der Waals surface area contributed by atoms with E-state index in [0.29, 0.717) is 17.0 Å². The molecule has 162 valence electrons. The maximum absolute atomic E-state index is 13.5. The van der Waals surface area contributed by atoms with Crippen LogP contribution in [0.5, 0.6) is 5.75 Å². The summed E-state index contributed by atoms with van der Waals surface area (Å²) >= 11 is 0. The van der Waals surface area contributed by atoms with Crippen LogP contribution in [-0.2, 0) is 16.1 Å². The Labute approximate surface area is 187 Å². The van der Waals surface area contributed by atoms with E-state index in [2.05, 4.69) is 0 Å². The number of benzene rings is 3. The van der Waals surface area contributed by atoms with Crippen LogP contribution in [0, 0.1) is 6.92 Å². The van der Waals surface area contributed by atoms with Gasteiger partial charge in [-0.25, -0.2) is 4.90 Å². The molecule has 0 bridgehead atoms. The molecule has 1 fully saturated rings. The van der Waals surface area contributed by atoms with Crippen LogP contribution in [0.1, 0.15) is 27.9 Å². The maximum atomic E-state index is 13.5. The van der Waals surface area contributed by atoms with Gasteiger partial charge in [0.25, 0.3) is 11.8 Å². The highest BCUT2D eigenvalue weighted by Gasteiger charge is 2.44. The number of rotatable bonds is 6. The number of nitrogens with zero attached hydrogens (tertiary/aromatic N) is 2. The molecule has 3 amide bonds. The molecule has 1 saturated heterocycles. The number of carbonyl (C=O) groups is 3. The van der Waals surface area contributed by atoms with Gasteiger partial charge in [-0.15, -0.1) is 0 Å². The van der Waals surface area contributed by atoms with Crippen molar-refractivity contribution in [3.8, 4) is 5.75 Å². The minimum atomic E-state index is -0.876. The topological polar surface area (TPSA) is 66.9 Å². The van der Waals surface area contributed by atoms with Crippen molar-refractivity contribution in [3.05, 3.63) is 95.6 Å². The Hall–Kier alpha value is -3.93. The number of hydrogen-bond acceptors (Lipinski definition) is 4. The molecule has 3 aromatic rings. The zero-order valence-electron chi connectivity index (χ0n) is 18.0. The van der Waals surface area contributed by atoms with Gasteiger partial charge in [-0.05, 0) is 48.9 Å². The summed E-state index contributed by atoms with van der Waals surface area (Å²) in [6, 6.07) is 22.5. The molecule has 32 heavy (non-hydrogen) atoms. The fourth-order valence-corrected chi connectivity index (χ4v) is 3.83. The number of methoxy groups -OCH3 is 1. The van der Waals surface area contributed by atoms with Crippen LogP contribution in [0.4, 0.5) is 5.69 Å². The van der Waals surface area contributed by atoms with Crippen molar-refractivity contribution in [2.45, 2.75) is 25.9 Å². The van der Waals surface area contributed by atoms with Gasteiger partial charge in [0.2, 0.25) is 5.91 Å². The van der Waals surface area contributed by atoms with E-state index in [1.54, 1.807) is 43.5 Å². The molecule has 1 atom stereocenters. The molecule has 0 N–H and O–H groups in total. The summed E-state index contributed by atoms with van der Waals surface area (Å²) in [5.74, 6) is -0.391. The van der Waals surface area contributed by atoms with Crippen molar-refractivity contribution < 1.29 is 19.1 Å². The Balaban J connectivity index is 1.66. The summed E-state index contributed by atoms with van der Waals surface area (Å²) in [6.45, 7) is 2.18. The van der Waals surface area contributed by atoms with Gasteiger partial charge < -0.3 is 9.64 Å². The van der Waals surface area contributed by atoms with Gasteiger partial charge in [0.05, 0.1) is 19.2 Å². The first-order chi connectivity index (χ1) is 15.5. The highest BCUT2D eigenvalue weighted by molar-refractivity contribution is 6.23.